The van der Waals surface area contributed by atoms with Gasteiger partial charge < -0.3 is 25.5 Å². The van der Waals surface area contributed by atoms with Crippen molar-refractivity contribution in [1.29, 1.82) is 0 Å². The van der Waals surface area contributed by atoms with Crippen LogP contribution in [0, 0.1) is 50.6 Å². The number of azo groups is 4. The van der Waals surface area contributed by atoms with Gasteiger partial charge in [-0.25, -0.2) is 0 Å². The van der Waals surface area contributed by atoms with Gasteiger partial charge in [-0.2, -0.15) is 21.9 Å². The van der Waals surface area contributed by atoms with Crippen molar-refractivity contribution in [2.75, 3.05) is 0 Å². The van der Waals surface area contributed by atoms with E-state index in [-0.39, 0.29) is 5.69 Å². The molecule has 0 aliphatic carbocycles. The van der Waals surface area contributed by atoms with Gasteiger partial charge >= 0.3 is 11.4 Å². The topological polar surface area (TPSA) is 524 Å². The maximum atomic E-state index is 12.5. The fourth-order valence-electron chi connectivity index (χ4n) is 5.72. The van der Waals surface area contributed by atoms with Gasteiger partial charge in [0.15, 0.2) is 22.9 Å². The van der Waals surface area contributed by atoms with Crippen molar-refractivity contribution in [1.82, 2.24) is 0 Å². The minimum Gasteiger partial charge on any atom is -0.505 e. The number of fused-ring (bicyclic) bond motifs is 1. The number of non-ortho nitro benzene ring substituents is 3. The van der Waals surface area contributed by atoms with E-state index < -0.39 is 162 Å². The smallest absolute Gasteiger partial charge is 0.319 e. The highest BCUT2D eigenvalue weighted by molar-refractivity contribution is 7.86. The number of benzene rings is 6. The van der Waals surface area contributed by atoms with Crippen molar-refractivity contribution < 1.29 is 76.1 Å². The Kier molecular flexibility index (Phi) is 13.1. The van der Waals surface area contributed by atoms with E-state index in [0.717, 1.165) is 24.3 Å². The summed E-state index contributed by atoms with van der Waals surface area (Å²) < 4.78 is 69.8. The van der Waals surface area contributed by atoms with Gasteiger partial charge in [0.25, 0.3) is 37.3 Å². The van der Waals surface area contributed by atoms with Crippen LogP contribution in [0.2, 0.25) is 0 Å². The summed E-state index contributed by atoms with van der Waals surface area (Å²) in [5.41, 5.74) is -12.4. The first-order valence-electron chi connectivity index (χ1n) is 17.8. The molecule has 0 saturated carbocycles. The summed E-state index contributed by atoms with van der Waals surface area (Å²) in [5, 5.41) is 139. The second-order valence-corrected chi connectivity index (χ2v) is 16.1. The van der Waals surface area contributed by atoms with E-state index in [1.165, 1.54) is 0 Å². The van der Waals surface area contributed by atoms with Gasteiger partial charge in [0.2, 0.25) is 11.5 Å². The number of rotatable bonds is 15. The lowest BCUT2D eigenvalue weighted by molar-refractivity contribution is -0.394. The normalized spacial score (nSPS) is 12.1. The molecule has 34 nitrogen and oxygen atoms in total. The van der Waals surface area contributed by atoms with Crippen molar-refractivity contribution in [3.8, 4) is 28.7 Å². The minimum absolute atomic E-state index is 0.186. The third-order valence-corrected chi connectivity index (χ3v) is 10.6. The van der Waals surface area contributed by atoms with Crippen molar-refractivity contribution in [2.45, 2.75) is 9.79 Å². The molecule has 7 N–H and O–H groups in total. The molecule has 0 amide bonds. The number of hydrogen-bond acceptors (Lipinski definition) is 27. The Bertz CT molecular complexity index is 3660. The molecule has 0 bridgehead atoms. The number of hydrogen-bond donors (Lipinski definition) is 7. The molecule has 0 saturated heterocycles. The SMILES string of the molecule is O=[N+]([O-])c1ccc(N=Nc2c(S(=O)(=O)O)cc3cc(S(=O)(=O)O)cc(N=Nc4cc(N=Nc5cc([N+](=O)[O-])cc([N+](=O)[O-])c5O)c(O)c(N=Nc5cc([N+](=O)[O-])cc([N+](=O)[O-])c5O)c4O)c3c2O)cc1. The first-order chi connectivity index (χ1) is 32.7. The number of nitrogens with zero attached hydrogens (tertiary/aromatic N) is 13. The maximum absolute atomic E-state index is 12.5. The van der Waals surface area contributed by atoms with Crippen molar-refractivity contribution >= 4 is 105 Å². The molecule has 70 heavy (non-hydrogen) atoms. The van der Waals surface area contributed by atoms with E-state index in [4.69, 9.17) is 0 Å². The third-order valence-electron chi connectivity index (χ3n) is 8.92. The highest BCUT2D eigenvalue weighted by Gasteiger charge is 2.29. The Morgan fingerprint density at radius 2 is 0.829 bits per heavy atom. The Labute approximate surface area is 383 Å². The summed E-state index contributed by atoms with van der Waals surface area (Å²) in [6.07, 6.45) is 0. The largest absolute Gasteiger partial charge is 0.505 e. The van der Waals surface area contributed by atoms with Gasteiger partial charge in [-0.15, -0.1) is 35.8 Å². The highest BCUT2D eigenvalue weighted by Crippen LogP contribution is 2.53. The van der Waals surface area contributed by atoms with E-state index >= 15 is 0 Å². The second-order valence-electron chi connectivity index (χ2n) is 13.3. The van der Waals surface area contributed by atoms with Crippen LogP contribution in [0.1, 0.15) is 0 Å². The first-order valence-corrected chi connectivity index (χ1v) is 20.7. The number of aromatic hydroxyl groups is 5. The minimum atomic E-state index is -5.42. The molecule has 0 aliphatic heterocycles. The van der Waals surface area contributed by atoms with Crippen LogP contribution in [-0.4, -0.2) is 76.1 Å². The lowest BCUT2D eigenvalue weighted by Gasteiger charge is -2.12. The molecule has 0 unspecified atom stereocenters. The summed E-state index contributed by atoms with van der Waals surface area (Å²) in [5.74, 6) is -6.62. The summed E-state index contributed by atoms with van der Waals surface area (Å²) in [4.78, 5) is 49.2. The lowest BCUT2D eigenvalue weighted by Crippen LogP contribution is -2.01. The predicted octanol–water partition coefficient (Wildman–Crippen LogP) is 9.06. The van der Waals surface area contributed by atoms with Gasteiger partial charge in [-0.3, -0.25) is 59.7 Å². The fraction of sp³-hybridized carbons (Fsp3) is 0. The summed E-state index contributed by atoms with van der Waals surface area (Å²) in [6, 6.07) is 7.79. The molecular formula is C34H19N13O21S2. The summed E-state index contributed by atoms with van der Waals surface area (Å²) >= 11 is 0. The van der Waals surface area contributed by atoms with Gasteiger partial charge in [-0.1, -0.05) is 0 Å². The number of phenols is 5. The van der Waals surface area contributed by atoms with Gasteiger partial charge in [-0.05, 0) is 35.7 Å². The van der Waals surface area contributed by atoms with E-state index in [1.54, 1.807) is 0 Å². The molecule has 36 heteroatoms. The molecule has 0 aromatic heterocycles. The van der Waals surface area contributed by atoms with E-state index in [9.17, 15) is 102 Å². The zero-order valence-electron chi connectivity index (χ0n) is 33.4. The van der Waals surface area contributed by atoms with E-state index in [1.807, 2.05) is 0 Å². The third kappa shape index (κ3) is 10.1. The van der Waals surface area contributed by atoms with Crippen LogP contribution in [0.25, 0.3) is 10.8 Å². The van der Waals surface area contributed by atoms with Crippen LogP contribution >= 0.6 is 0 Å². The van der Waals surface area contributed by atoms with Crippen molar-refractivity contribution in [3.05, 3.63) is 123 Å². The molecule has 0 spiro atoms. The van der Waals surface area contributed by atoms with Crippen LogP contribution < -0.4 is 0 Å². The predicted molar refractivity (Wildman–Crippen MR) is 228 cm³/mol. The number of phenolic OH excluding ortho intramolecular Hbond substituents is 5. The summed E-state index contributed by atoms with van der Waals surface area (Å²) in [7, 11) is -10.7. The van der Waals surface area contributed by atoms with Crippen LogP contribution in [0.4, 0.5) is 73.9 Å². The molecule has 0 atom stereocenters. The highest BCUT2D eigenvalue weighted by atomic mass is 32.2. The van der Waals surface area contributed by atoms with Crippen molar-refractivity contribution in [3.63, 3.8) is 0 Å². The quantitative estimate of drug-likeness (QED) is 0.0218. The monoisotopic (exact) mass is 1010 g/mol. The molecule has 0 aliphatic rings. The fourth-order valence-corrected chi connectivity index (χ4v) is 6.91. The van der Waals surface area contributed by atoms with Gasteiger partial charge in [0, 0.05) is 30.3 Å². The first kappa shape index (κ1) is 49.2. The molecule has 6 aromatic carbocycles. The Hall–Kier alpha value is -10.2. The average Bonchev–Trinajstić information content (AvgIpc) is 3.27. The second kappa shape index (κ2) is 18.6. The number of nitro benzene ring substituents is 5. The van der Waals surface area contributed by atoms with Crippen LogP contribution in [0.15, 0.2) is 124 Å². The lowest BCUT2D eigenvalue weighted by atomic mass is 10.1. The average molecular weight is 1010 g/mol. The molecule has 0 fully saturated rings. The van der Waals surface area contributed by atoms with Crippen LogP contribution in [0.5, 0.6) is 28.7 Å². The zero-order chi connectivity index (χ0) is 51.7. The van der Waals surface area contributed by atoms with Crippen LogP contribution in [0.3, 0.4) is 0 Å². The molecule has 6 rings (SSSR count). The Morgan fingerprint density at radius 1 is 0.400 bits per heavy atom. The molecular weight excluding hydrogens is 991 g/mol. The van der Waals surface area contributed by atoms with E-state index in [0.29, 0.717) is 48.5 Å². The molecule has 0 radical (unpaired) electrons. The Morgan fingerprint density at radius 3 is 1.26 bits per heavy atom. The maximum Gasteiger partial charge on any atom is 0.319 e. The standard InChI is InChI=1S/C34H19N13O21S2/c48-30-20(7-16(44(55)56)9-24(30)46(59)60)37-39-23-12-22(32(50)29(33(23)51)42-40-21-8-17(45(57)58)10-25(31(21)49)47(61)62)38-36-19-11-18(69(63,64)65)5-13-6-26(70(66,67)68)28(34(52)27(13)19)41-35-14-1-3-15(4-2-14)43(53)54/h1-12,48-52H,(H,63,64,65)(H,66,67,68). The summed E-state index contributed by atoms with van der Waals surface area (Å²) in [6.45, 7) is 0. The van der Waals surface area contributed by atoms with Crippen LogP contribution in [-0.2, 0) is 20.2 Å². The molecule has 0 heterocycles. The van der Waals surface area contributed by atoms with Gasteiger partial charge in [0.1, 0.15) is 33.3 Å². The Balaban J connectivity index is 1.63. The molecule has 358 valence electrons. The molecule has 6 aromatic rings. The zero-order valence-corrected chi connectivity index (χ0v) is 35.0. The van der Waals surface area contributed by atoms with E-state index in [2.05, 4.69) is 40.9 Å². The van der Waals surface area contributed by atoms with Crippen molar-refractivity contribution in [2.24, 2.45) is 40.9 Å². The van der Waals surface area contributed by atoms with Gasteiger partial charge in [0.05, 0.1) is 58.4 Å². The number of nitro groups is 5.